The predicted molar refractivity (Wildman–Crippen MR) is 67.0 cm³/mol. The standard InChI is InChI=1S/C6H11N.C6H10O4/c1-3-5-7-6-4-2;7-5(8)3-1-2-4-6(9)10/h3-4,7H,1-2,5-6H2;1-4H2,(H,7,8)(H,9,10). The van der Waals surface area contributed by atoms with Crippen LogP contribution in [0.25, 0.3) is 0 Å². The fourth-order valence-corrected chi connectivity index (χ4v) is 0.840. The van der Waals surface area contributed by atoms with E-state index in [1.54, 1.807) is 0 Å². The zero-order valence-corrected chi connectivity index (χ0v) is 10.0. The summed E-state index contributed by atoms with van der Waals surface area (Å²) in [5.41, 5.74) is 0. The number of unbranched alkanes of at least 4 members (excludes halogenated alkanes) is 1. The van der Waals surface area contributed by atoms with Gasteiger partial charge in [-0.3, -0.25) is 9.59 Å². The molecule has 0 saturated heterocycles. The van der Waals surface area contributed by atoms with Crippen LogP contribution in [0.1, 0.15) is 25.7 Å². The maximum Gasteiger partial charge on any atom is 0.303 e. The molecule has 5 nitrogen and oxygen atoms in total. The number of carbonyl (C=O) groups is 2. The van der Waals surface area contributed by atoms with Gasteiger partial charge in [0.25, 0.3) is 0 Å². The Morgan fingerprint density at radius 2 is 1.29 bits per heavy atom. The molecule has 0 rings (SSSR count). The summed E-state index contributed by atoms with van der Waals surface area (Å²) in [6, 6.07) is 0. The largest absolute Gasteiger partial charge is 0.481 e. The minimum atomic E-state index is -0.870. The van der Waals surface area contributed by atoms with Crippen molar-refractivity contribution in [1.82, 2.24) is 5.32 Å². The van der Waals surface area contributed by atoms with Crippen LogP contribution in [-0.2, 0) is 9.59 Å². The van der Waals surface area contributed by atoms with E-state index < -0.39 is 11.9 Å². The van der Waals surface area contributed by atoms with Gasteiger partial charge in [0.2, 0.25) is 0 Å². The summed E-state index contributed by atoms with van der Waals surface area (Å²) in [5, 5.41) is 19.3. The maximum absolute atomic E-state index is 9.90. The molecule has 5 heteroatoms. The molecule has 0 aromatic rings. The first-order chi connectivity index (χ1) is 8.04. The zero-order chi connectivity index (χ0) is 13.5. The van der Waals surface area contributed by atoms with E-state index in [9.17, 15) is 9.59 Å². The lowest BCUT2D eigenvalue weighted by Gasteiger charge is -1.92. The molecule has 0 aliphatic rings. The van der Waals surface area contributed by atoms with E-state index in [1.807, 2.05) is 12.2 Å². The van der Waals surface area contributed by atoms with Gasteiger partial charge in [0.05, 0.1) is 0 Å². The third kappa shape index (κ3) is 25.0. The van der Waals surface area contributed by atoms with Crippen LogP contribution in [0, 0.1) is 0 Å². The highest BCUT2D eigenvalue weighted by Crippen LogP contribution is 1.98. The average molecular weight is 243 g/mol. The first kappa shape index (κ1) is 17.8. The van der Waals surface area contributed by atoms with Gasteiger partial charge in [-0.1, -0.05) is 12.2 Å². The molecular formula is C12H21NO4. The van der Waals surface area contributed by atoms with E-state index >= 15 is 0 Å². The van der Waals surface area contributed by atoms with Crippen LogP contribution in [0.15, 0.2) is 25.3 Å². The Labute approximate surface area is 102 Å². The Bertz CT molecular complexity index is 215. The summed E-state index contributed by atoms with van der Waals surface area (Å²) in [6.45, 7) is 8.81. The van der Waals surface area contributed by atoms with Crippen LogP contribution in [-0.4, -0.2) is 35.2 Å². The topological polar surface area (TPSA) is 86.6 Å². The molecule has 0 fully saturated rings. The first-order valence-corrected chi connectivity index (χ1v) is 5.40. The van der Waals surface area contributed by atoms with E-state index in [-0.39, 0.29) is 12.8 Å². The fourth-order valence-electron chi connectivity index (χ4n) is 0.840. The van der Waals surface area contributed by atoms with Crippen molar-refractivity contribution in [3.63, 3.8) is 0 Å². The van der Waals surface area contributed by atoms with Gasteiger partial charge >= 0.3 is 11.9 Å². The van der Waals surface area contributed by atoms with Gasteiger partial charge in [0, 0.05) is 25.9 Å². The molecule has 0 heterocycles. The second-order valence-electron chi connectivity index (χ2n) is 3.23. The van der Waals surface area contributed by atoms with Crippen molar-refractivity contribution >= 4 is 11.9 Å². The molecule has 0 aliphatic heterocycles. The van der Waals surface area contributed by atoms with Gasteiger partial charge in [0.1, 0.15) is 0 Å². The molecule has 17 heavy (non-hydrogen) atoms. The summed E-state index contributed by atoms with van der Waals surface area (Å²) < 4.78 is 0. The molecule has 0 saturated carbocycles. The Morgan fingerprint density at radius 1 is 0.941 bits per heavy atom. The van der Waals surface area contributed by atoms with E-state index in [0.717, 1.165) is 13.1 Å². The summed E-state index contributed by atoms with van der Waals surface area (Å²) in [4.78, 5) is 19.8. The van der Waals surface area contributed by atoms with E-state index in [4.69, 9.17) is 10.2 Å². The van der Waals surface area contributed by atoms with Crippen molar-refractivity contribution in [2.75, 3.05) is 13.1 Å². The summed E-state index contributed by atoms with van der Waals surface area (Å²) in [7, 11) is 0. The van der Waals surface area contributed by atoms with Crippen molar-refractivity contribution in [3.05, 3.63) is 25.3 Å². The van der Waals surface area contributed by atoms with Crippen molar-refractivity contribution in [2.24, 2.45) is 0 Å². The lowest BCUT2D eigenvalue weighted by atomic mass is 10.2. The molecule has 3 N–H and O–H groups in total. The minimum Gasteiger partial charge on any atom is -0.481 e. The summed E-state index contributed by atoms with van der Waals surface area (Å²) in [6.07, 6.45) is 4.66. The highest BCUT2D eigenvalue weighted by atomic mass is 16.4. The van der Waals surface area contributed by atoms with Crippen LogP contribution in [0.4, 0.5) is 0 Å². The molecule has 0 spiro atoms. The molecule has 0 radical (unpaired) electrons. The molecular weight excluding hydrogens is 222 g/mol. The average Bonchev–Trinajstić information content (AvgIpc) is 2.26. The molecule has 0 amide bonds. The number of carboxylic acids is 2. The number of aliphatic carboxylic acids is 2. The van der Waals surface area contributed by atoms with Gasteiger partial charge in [-0.25, -0.2) is 0 Å². The normalized spacial score (nSPS) is 8.71. The highest BCUT2D eigenvalue weighted by Gasteiger charge is 1.99. The predicted octanol–water partition coefficient (Wildman–Crippen LogP) is 1.66. The van der Waals surface area contributed by atoms with Crippen LogP contribution >= 0.6 is 0 Å². The molecule has 0 atom stereocenters. The number of hydrogen-bond donors (Lipinski definition) is 3. The molecule has 0 aromatic heterocycles. The van der Waals surface area contributed by atoms with Crippen LogP contribution in [0.5, 0.6) is 0 Å². The van der Waals surface area contributed by atoms with E-state index in [1.165, 1.54) is 0 Å². The smallest absolute Gasteiger partial charge is 0.303 e. The summed E-state index contributed by atoms with van der Waals surface area (Å²) in [5.74, 6) is -1.74. The molecule has 98 valence electrons. The van der Waals surface area contributed by atoms with Gasteiger partial charge < -0.3 is 15.5 Å². The number of hydrogen-bond acceptors (Lipinski definition) is 3. The Kier molecular flexibility index (Phi) is 15.0. The summed E-state index contributed by atoms with van der Waals surface area (Å²) >= 11 is 0. The van der Waals surface area contributed by atoms with Crippen LogP contribution in [0.3, 0.4) is 0 Å². The third-order valence-electron chi connectivity index (χ3n) is 1.61. The molecule has 0 aliphatic carbocycles. The SMILES string of the molecule is C=CCNCC=C.O=C(O)CCCCC(=O)O. The maximum atomic E-state index is 9.90. The molecule has 0 aromatic carbocycles. The van der Waals surface area contributed by atoms with Gasteiger partial charge in [-0.05, 0) is 12.8 Å². The number of rotatable bonds is 9. The van der Waals surface area contributed by atoms with Crippen LogP contribution in [0.2, 0.25) is 0 Å². The number of carboxylic acid groups (broad SMARTS) is 2. The minimum absolute atomic E-state index is 0.0628. The Morgan fingerprint density at radius 3 is 1.53 bits per heavy atom. The Hall–Kier alpha value is -1.62. The molecule has 0 bridgehead atoms. The lowest BCUT2D eigenvalue weighted by Crippen LogP contribution is -2.11. The van der Waals surface area contributed by atoms with E-state index in [2.05, 4.69) is 18.5 Å². The van der Waals surface area contributed by atoms with Crippen LogP contribution < -0.4 is 5.32 Å². The third-order valence-corrected chi connectivity index (χ3v) is 1.61. The first-order valence-electron chi connectivity index (χ1n) is 5.40. The number of nitrogens with one attached hydrogen (secondary N) is 1. The van der Waals surface area contributed by atoms with E-state index in [0.29, 0.717) is 12.8 Å². The quantitative estimate of drug-likeness (QED) is 0.423. The highest BCUT2D eigenvalue weighted by molar-refractivity contribution is 5.67. The van der Waals surface area contributed by atoms with Gasteiger partial charge in [0.15, 0.2) is 0 Å². The van der Waals surface area contributed by atoms with Gasteiger partial charge in [-0.15, -0.1) is 13.2 Å². The monoisotopic (exact) mass is 243 g/mol. The Balaban J connectivity index is 0. The lowest BCUT2D eigenvalue weighted by molar-refractivity contribution is -0.139. The zero-order valence-electron chi connectivity index (χ0n) is 10.0. The second-order valence-corrected chi connectivity index (χ2v) is 3.23. The van der Waals surface area contributed by atoms with Crippen molar-refractivity contribution < 1.29 is 19.8 Å². The fraction of sp³-hybridized carbons (Fsp3) is 0.500. The van der Waals surface area contributed by atoms with Gasteiger partial charge in [-0.2, -0.15) is 0 Å². The molecule has 0 unspecified atom stereocenters. The van der Waals surface area contributed by atoms with Crippen molar-refractivity contribution in [2.45, 2.75) is 25.7 Å². The second kappa shape index (κ2) is 14.4. The van der Waals surface area contributed by atoms with Crippen molar-refractivity contribution in [1.29, 1.82) is 0 Å². The van der Waals surface area contributed by atoms with Crippen molar-refractivity contribution in [3.8, 4) is 0 Å².